The molecule has 4 rings (SSSR count). The lowest BCUT2D eigenvalue weighted by Gasteiger charge is -2.21. The molecule has 1 fully saturated rings. The van der Waals surface area contributed by atoms with Gasteiger partial charge in [-0.3, -0.25) is 0 Å². The number of rotatable bonds is 4. The van der Waals surface area contributed by atoms with Crippen molar-refractivity contribution in [1.29, 1.82) is 0 Å². The zero-order valence-corrected chi connectivity index (χ0v) is 16.3. The number of anilines is 1. The van der Waals surface area contributed by atoms with Crippen molar-refractivity contribution in [2.24, 2.45) is 0 Å². The quantitative estimate of drug-likeness (QED) is 0.700. The molecule has 152 valence electrons. The summed E-state index contributed by atoms with van der Waals surface area (Å²) in [5, 5.41) is 4.07. The maximum Gasteiger partial charge on any atom is 0.226 e. The highest BCUT2D eigenvalue weighted by atomic mass is 19.1. The fourth-order valence-corrected chi connectivity index (χ4v) is 3.81. The van der Waals surface area contributed by atoms with Gasteiger partial charge >= 0.3 is 0 Å². The minimum absolute atomic E-state index is 0.207. The Morgan fingerprint density at radius 2 is 1.79 bits per heavy atom. The van der Waals surface area contributed by atoms with Crippen molar-refractivity contribution in [2.45, 2.75) is 38.8 Å². The van der Waals surface area contributed by atoms with Gasteiger partial charge in [-0.05, 0) is 62.6 Å². The molecule has 1 atom stereocenters. The Morgan fingerprint density at radius 1 is 1.00 bits per heavy atom. The van der Waals surface area contributed by atoms with E-state index in [1.807, 2.05) is 6.92 Å². The van der Waals surface area contributed by atoms with Crippen molar-refractivity contribution in [1.82, 2.24) is 15.3 Å². The summed E-state index contributed by atoms with van der Waals surface area (Å²) in [6, 6.07) is 8.28. The van der Waals surface area contributed by atoms with Crippen LogP contribution in [0, 0.1) is 24.4 Å². The van der Waals surface area contributed by atoms with Gasteiger partial charge < -0.3 is 10.2 Å². The van der Waals surface area contributed by atoms with Crippen molar-refractivity contribution in [2.75, 3.05) is 18.0 Å². The molecule has 1 saturated heterocycles. The van der Waals surface area contributed by atoms with Gasteiger partial charge in [0.15, 0.2) is 0 Å². The van der Waals surface area contributed by atoms with Gasteiger partial charge in [0, 0.05) is 36.6 Å². The van der Waals surface area contributed by atoms with E-state index in [4.69, 9.17) is 0 Å². The van der Waals surface area contributed by atoms with Crippen LogP contribution >= 0.6 is 0 Å². The monoisotopic (exact) mass is 400 g/mol. The van der Waals surface area contributed by atoms with Gasteiger partial charge in [-0.25, -0.2) is 23.1 Å². The van der Waals surface area contributed by atoms with Gasteiger partial charge in [-0.2, -0.15) is 0 Å². The molecule has 1 unspecified atom stereocenters. The van der Waals surface area contributed by atoms with Crippen LogP contribution in [0.5, 0.6) is 0 Å². The molecule has 0 saturated carbocycles. The minimum Gasteiger partial charge on any atom is -0.341 e. The van der Waals surface area contributed by atoms with Crippen molar-refractivity contribution in [3.63, 3.8) is 0 Å². The number of fused-ring (bicyclic) bond motifs is 1. The standard InChI is InChI=1S/C22H23F3N4/c1-14-19-12-17(24)5-7-21(19)28-22(27-14)29-9-2-3-18(8-10-29)26-13-15-11-16(23)4-6-20(15)25/h4-7,11-12,18,26H,2-3,8-10,13H2,1H3. The van der Waals surface area contributed by atoms with Gasteiger partial charge in [0.05, 0.1) is 11.2 Å². The zero-order valence-electron chi connectivity index (χ0n) is 16.3. The number of aryl methyl sites for hydroxylation is 1. The SMILES string of the molecule is Cc1nc(N2CCCC(NCc3cc(F)ccc3F)CC2)nc2ccc(F)cc12. The topological polar surface area (TPSA) is 41.1 Å². The van der Waals surface area contributed by atoms with Crippen LogP contribution < -0.4 is 10.2 Å². The van der Waals surface area contributed by atoms with Gasteiger partial charge in [0.1, 0.15) is 17.5 Å². The summed E-state index contributed by atoms with van der Waals surface area (Å²) in [7, 11) is 0. The fraction of sp³-hybridized carbons (Fsp3) is 0.364. The summed E-state index contributed by atoms with van der Waals surface area (Å²) in [5.74, 6) is -0.474. The second kappa shape index (κ2) is 8.37. The van der Waals surface area contributed by atoms with Crippen LogP contribution in [-0.2, 0) is 6.54 Å². The lowest BCUT2D eigenvalue weighted by Crippen LogP contribution is -2.31. The molecule has 0 aliphatic carbocycles. The number of hydrogen-bond donors (Lipinski definition) is 1. The molecule has 0 bridgehead atoms. The van der Waals surface area contributed by atoms with E-state index >= 15 is 0 Å². The Hall–Kier alpha value is -2.67. The number of benzene rings is 2. The van der Waals surface area contributed by atoms with E-state index in [9.17, 15) is 13.2 Å². The van der Waals surface area contributed by atoms with Gasteiger partial charge in [-0.1, -0.05) is 0 Å². The van der Waals surface area contributed by atoms with Crippen molar-refractivity contribution >= 4 is 16.9 Å². The molecule has 2 aromatic carbocycles. The molecule has 2 heterocycles. The second-order valence-corrected chi connectivity index (χ2v) is 7.50. The van der Waals surface area contributed by atoms with Crippen LogP contribution in [0.1, 0.15) is 30.5 Å². The van der Waals surface area contributed by atoms with Gasteiger partial charge in [0.25, 0.3) is 0 Å². The highest BCUT2D eigenvalue weighted by Crippen LogP contribution is 2.22. The van der Waals surface area contributed by atoms with E-state index in [1.54, 1.807) is 6.07 Å². The van der Waals surface area contributed by atoms with Crippen molar-refractivity contribution in [3.05, 3.63) is 65.1 Å². The van der Waals surface area contributed by atoms with Crippen LogP contribution in [0.4, 0.5) is 19.1 Å². The normalized spacial score (nSPS) is 17.5. The third-order valence-electron chi connectivity index (χ3n) is 5.44. The molecule has 1 aliphatic rings. The fourth-order valence-electron chi connectivity index (χ4n) is 3.81. The van der Waals surface area contributed by atoms with Crippen LogP contribution in [0.2, 0.25) is 0 Å². The number of halogens is 3. The molecule has 1 N–H and O–H groups in total. The predicted molar refractivity (Wildman–Crippen MR) is 107 cm³/mol. The first-order valence-corrected chi connectivity index (χ1v) is 9.86. The van der Waals surface area contributed by atoms with Gasteiger partial charge in [0.2, 0.25) is 5.95 Å². The van der Waals surface area contributed by atoms with Crippen LogP contribution in [0.15, 0.2) is 36.4 Å². The average molecular weight is 400 g/mol. The largest absolute Gasteiger partial charge is 0.341 e. The molecule has 29 heavy (non-hydrogen) atoms. The molecule has 0 spiro atoms. The smallest absolute Gasteiger partial charge is 0.226 e. The Balaban J connectivity index is 1.43. The maximum absolute atomic E-state index is 13.8. The Bertz CT molecular complexity index is 1020. The molecule has 0 amide bonds. The maximum atomic E-state index is 13.8. The third kappa shape index (κ3) is 4.50. The zero-order chi connectivity index (χ0) is 20.4. The Morgan fingerprint density at radius 3 is 2.66 bits per heavy atom. The molecule has 1 aromatic heterocycles. The Labute approximate surface area is 167 Å². The van der Waals surface area contributed by atoms with E-state index in [0.717, 1.165) is 61.1 Å². The van der Waals surface area contributed by atoms with Crippen molar-refractivity contribution < 1.29 is 13.2 Å². The molecular weight excluding hydrogens is 377 g/mol. The summed E-state index contributed by atoms with van der Waals surface area (Å²) in [5.41, 5.74) is 1.83. The summed E-state index contributed by atoms with van der Waals surface area (Å²) < 4.78 is 40.7. The molecular formula is C22H23F3N4. The van der Waals surface area contributed by atoms with E-state index in [-0.39, 0.29) is 11.9 Å². The van der Waals surface area contributed by atoms with E-state index in [2.05, 4.69) is 20.2 Å². The lowest BCUT2D eigenvalue weighted by atomic mass is 10.1. The first-order chi connectivity index (χ1) is 14.0. The van der Waals surface area contributed by atoms with E-state index < -0.39 is 11.6 Å². The van der Waals surface area contributed by atoms with E-state index in [1.165, 1.54) is 18.2 Å². The van der Waals surface area contributed by atoms with Crippen LogP contribution in [0.3, 0.4) is 0 Å². The molecule has 4 nitrogen and oxygen atoms in total. The summed E-state index contributed by atoms with van der Waals surface area (Å²) in [6.45, 7) is 3.74. The predicted octanol–water partition coefficient (Wildman–Crippen LogP) is 4.50. The number of nitrogens with zero attached hydrogens (tertiary/aromatic N) is 3. The minimum atomic E-state index is -0.432. The number of nitrogens with one attached hydrogen (secondary N) is 1. The Kier molecular flexibility index (Phi) is 5.67. The molecule has 0 radical (unpaired) electrons. The number of hydrogen-bond acceptors (Lipinski definition) is 4. The molecule has 3 aromatic rings. The van der Waals surface area contributed by atoms with Crippen LogP contribution in [0.25, 0.3) is 10.9 Å². The first-order valence-electron chi connectivity index (χ1n) is 9.86. The highest BCUT2D eigenvalue weighted by Gasteiger charge is 2.20. The van der Waals surface area contributed by atoms with E-state index in [0.29, 0.717) is 18.1 Å². The summed E-state index contributed by atoms with van der Waals surface area (Å²) in [4.78, 5) is 11.3. The second-order valence-electron chi connectivity index (χ2n) is 7.50. The number of aromatic nitrogens is 2. The highest BCUT2D eigenvalue weighted by molar-refractivity contribution is 5.81. The summed E-state index contributed by atoms with van der Waals surface area (Å²) in [6.07, 6.45) is 2.72. The third-order valence-corrected chi connectivity index (χ3v) is 5.44. The summed E-state index contributed by atoms with van der Waals surface area (Å²) >= 11 is 0. The molecule has 1 aliphatic heterocycles. The average Bonchev–Trinajstić information content (AvgIpc) is 2.95. The first kappa shape index (κ1) is 19.6. The molecule has 7 heteroatoms. The van der Waals surface area contributed by atoms with Gasteiger partial charge in [-0.15, -0.1) is 0 Å². The lowest BCUT2D eigenvalue weighted by molar-refractivity contribution is 0.460. The van der Waals surface area contributed by atoms with Crippen molar-refractivity contribution in [3.8, 4) is 0 Å². The van der Waals surface area contributed by atoms with Crippen LogP contribution in [-0.4, -0.2) is 29.1 Å².